The van der Waals surface area contributed by atoms with Gasteiger partial charge >= 0.3 is 0 Å². The Labute approximate surface area is 106 Å². The van der Waals surface area contributed by atoms with Gasteiger partial charge in [0.2, 0.25) is 0 Å². The molecule has 4 heteroatoms. The zero-order chi connectivity index (χ0) is 12.3. The molecule has 0 bridgehead atoms. The van der Waals surface area contributed by atoms with Crippen molar-refractivity contribution in [3.05, 3.63) is 34.6 Å². The lowest BCUT2D eigenvalue weighted by molar-refractivity contribution is 0.105. The molecule has 1 aliphatic rings. The minimum atomic E-state index is -0.211. The standard InChI is InChI=1S/C13H17ClFNO/c1-9-10(4-5-17-9)7-16-8-11-6-12(14)2-3-13(11)15/h2-3,6,9-10,16H,4-5,7-8H2,1H3. The lowest BCUT2D eigenvalue weighted by Crippen LogP contribution is -2.26. The molecule has 0 radical (unpaired) electrons. The molecule has 1 aromatic carbocycles. The maximum absolute atomic E-state index is 13.4. The molecule has 94 valence electrons. The molecule has 0 spiro atoms. The summed E-state index contributed by atoms with van der Waals surface area (Å²) in [5.74, 6) is 0.315. The van der Waals surface area contributed by atoms with Gasteiger partial charge in [0.1, 0.15) is 5.82 Å². The molecule has 2 atom stereocenters. The van der Waals surface area contributed by atoms with E-state index in [0.29, 0.717) is 29.2 Å². The fourth-order valence-corrected chi connectivity index (χ4v) is 2.31. The van der Waals surface area contributed by atoms with Crippen molar-refractivity contribution in [2.24, 2.45) is 5.92 Å². The largest absolute Gasteiger partial charge is 0.378 e. The molecule has 1 aromatic rings. The van der Waals surface area contributed by atoms with Crippen LogP contribution in [-0.2, 0) is 11.3 Å². The first-order valence-electron chi connectivity index (χ1n) is 5.93. The summed E-state index contributed by atoms with van der Waals surface area (Å²) >= 11 is 5.83. The average molecular weight is 258 g/mol. The van der Waals surface area contributed by atoms with Crippen LogP contribution < -0.4 is 5.32 Å². The van der Waals surface area contributed by atoms with Gasteiger partial charge in [-0.15, -0.1) is 0 Å². The van der Waals surface area contributed by atoms with Gasteiger partial charge in [-0.1, -0.05) is 11.6 Å². The van der Waals surface area contributed by atoms with Crippen molar-refractivity contribution in [3.8, 4) is 0 Å². The van der Waals surface area contributed by atoms with E-state index in [0.717, 1.165) is 19.6 Å². The number of ether oxygens (including phenoxy) is 1. The molecule has 1 heterocycles. The van der Waals surface area contributed by atoms with Crippen LogP contribution in [0.25, 0.3) is 0 Å². The van der Waals surface area contributed by atoms with Crippen molar-refractivity contribution in [2.75, 3.05) is 13.2 Å². The Kier molecular flexibility index (Phi) is 4.37. The van der Waals surface area contributed by atoms with E-state index in [9.17, 15) is 4.39 Å². The molecule has 1 aliphatic heterocycles. The van der Waals surface area contributed by atoms with E-state index in [1.54, 1.807) is 12.1 Å². The Morgan fingerprint density at radius 2 is 2.35 bits per heavy atom. The van der Waals surface area contributed by atoms with Crippen molar-refractivity contribution in [3.63, 3.8) is 0 Å². The predicted octanol–water partition coefficient (Wildman–Crippen LogP) is 2.99. The van der Waals surface area contributed by atoms with Crippen molar-refractivity contribution >= 4 is 11.6 Å². The highest BCUT2D eigenvalue weighted by Crippen LogP contribution is 2.20. The van der Waals surface area contributed by atoms with E-state index in [1.807, 2.05) is 0 Å². The zero-order valence-corrected chi connectivity index (χ0v) is 10.6. The molecule has 0 aromatic heterocycles. The summed E-state index contributed by atoms with van der Waals surface area (Å²) in [5.41, 5.74) is 0.615. The maximum atomic E-state index is 13.4. The molecule has 0 aliphatic carbocycles. The second-order valence-corrected chi connectivity index (χ2v) is 4.93. The first kappa shape index (κ1) is 12.8. The van der Waals surface area contributed by atoms with E-state index < -0.39 is 0 Å². The third-order valence-corrected chi connectivity index (χ3v) is 3.50. The van der Waals surface area contributed by atoms with E-state index >= 15 is 0 Å². The molecular formula is C13H17ClFNO. The van der Waals surface area contributed by atoms with Crippen molar-refractivity contribution in [1.82, 2.24) is 5.32 Å². The van der Waals surface area contributed by atoms with Gasteiger partial charge in [-0.2, -0.15) is 0 Å². The SMILES string of the molecule is CC1OCCC1CNCc1cc(Cl)ccc1F. The van der Waals surface area contributed by atoms with Gasteiger partial charge in [0, 0.05) is 30.3 Å². The highest BCUT2D eigenvalue weighted by molar-refractivity contribution is 6.30. The number of benzene rings is 1. The maximum Gasteiger partial charge on any atom is 0.127 e. The van der Waals surface area contributed by atoms with E-state index in [4.69, 9.17) is 16.3 Å². The first-order chi connectivity index (χ1) is 8.16. The Hall–Kier alpha value is -0.640. The summed E-state index contributed by atoms with van der Waals surface area (Å²) in [5, 5.41) is 3.83. The summed E-state index contributed by atoms with van der Waals surface area (Å²) in [6, 6.07) is 4.63. The third-order valence-electron chi connectivity index (χ3n) is 3.26. The first-order valence-corrected chi connectivity index (χ1v) is 6.31. The number of hydrogen-bond acceptors (Lipinski definition) is 2. The molecule has 1 N–H and O–H groups in total. The van der Waals surface area contributed by atoms with Gasteiger partial charge in [0.05, 0.1) is 6.10 Å². The normalized spacial score (nSPS) is 24.2. The van der Waals surface area contributed by atoms with E-state index in [1.165, 1.54) is 6.07 Å². The molecule has 0 amide bonds. The topological polar surface area (TPSA) is 21.3 Å². The molecule has 2 nitrogen and oxygen atoms in total. The fraction of sp³-hybridized carbons (Fsp3) is 0.538. The van der Waals surface area contributed by atoms with Crippen LogP contribution in [0.3, 0.4) is 0 Å². The van der Waals surface area contributed by atoms with Gasteiger partial charge in [0.25, 0.3) is 0 Å². The lowest BCUT2D eigenvalue weighted by atomic mass is 10.0. The molecular weight excluding hydrogens is 241 g/mol. The highest BCUT2D eigenvalue weighted by Gasteiger charge is 2.23. The van der Waals surface area contributed by atoms with Gasteiger partial charge in [-0.05, 0) is 37.5 Å². The van der Waals surface area contributed by atoms with Gasteiger partial charge in [-0.3, -0.25) is 0 Å². The Bertz CT molecular complexity index is 386. The van der Waals surface area contributed by atoms with Crippen LogP contribution in [0.5, 0.6) is 0 Å². The second kappa shape index (κ2) is 5.80. The Balaban J connectivity index is 1.83. The summed E-state index contributed by atoms with van der Waals surface area (Å²) in [4.78, 5) is 0. The Morgan fingerprint density at radius 3 is 3.06 bits per heavy atom. The fourth-order valence-electron chi connectivity index (χ4n) is 2.12. The summed E-state index contributed by atoms with van der Waals surface area (Å²) in [6.45, 7) is 4.28. The second-order valence-electron chi connectivity index (χ2n) is 4.49. The monoisotopic (exact) mass is 257 g/mol. The van der Waals surface area contributed by atoms with Crippen molar-refractivity contribution in [1.29, 1.82) is 0 Å². The molecule has 1 fully saturated rings. The van der Waals surface area contributed by atoms with Crippen LogP contribution in [0.4, 0.5) is 4.39 Å². The van der Waals surface area contributed by atoms with Crippen molar-refractivity contribution in [2.45, 2.75) is 26.0 Å². The predicted molar refractivity (Wildman–Crippen MR) is 66.6 cm³/mol. The van der Waals surface area contributed by atoms with Gasteiger partial charge in [0.15, 0.2) is 0 Å². The number of halogens is 2. The molecule has 1 saturated heterocycles. The van der Waals surface area contributed by atoms with Crippen LogP contribution in [0.2, 0.25) is 5.02 Å². The van der Waals surface area contributed by atoms with E-state index in [-0.39, 0.29) is 5.82 Å². The summed E-state index contributed by atoms with van der Waals surface area (Å²) < 4.78 is 18.9. The number of rotatable bonds is 4. The lowest BCUT2D eigenvalue weighted by Gasteiger charge is -2.15. The van der Waals surface area contributed by atoms with Crippen LogP contribution in [-0.4, -0.2) is 19.3 Å². The van der Waals surface area contributed by atoms with Crippen LogP contribution in [0.15, 0.2) is 18.2 Å². The molecule has 17 heavy (non-hydrogen) atoms. The average Bonchev–Trinajstić information content (AvgIpc) is 2.70. The van der Waals surface area contributed by atoms with E-state index in [2.05, 4.69) is 12.2 Å². The van der Waals surface area contributed by atoms with Gasteiger partial charge in [-0.25, -0.2) is 4.39 Å². The minimum Gasteiger partial charge on any atom is -0.378 e. The van der Waals surface area contributed by atoms with Crippen LogP contribution in [0, 0.1) is 11.7 Å². The van der Waals surface area contributed by atoms with Crippen LogP contribution >= 0.6 is 11.6 Å². The highest BCUT2D eigenvalue weighted by atomic mass is 35.5. The molecule has 2 rings (SSSR count). The smallest absolute Gasteiger partial charge is 0.127 e. The summed E-state index contributed by atoms with van der Waals surface area (Å²) in [6.07, 6.45) is 1.37. The van der Waals surface area contributed by atoms with Crippen molar-refractivity contribution < 1.29 is 9.13 Å². The number of hydrogen-bond donors (Lipinski definition) is 1. The quantitative estimate of drug-likeness (QED) is 0.895. The minimum absolute atomic E-state index is 0.211. The summed E-state index contributed by atoms with van der Waals surface area (Å²) in [7, 11) is 0. The van der Waals surface area contributed by atoms with Gasteiger partial charge < -0.3 is 10.1 Å². The molecule has 0 saturated carbocycles. The third kappa shape index (κ3) is 3.41. The zero-order valence-electron chi connectivity index (χ0n) is 9.88. The Morgan fingerprint density at radius 1 is 1.53 bits per heavy atom. The number of nitrogens with one attached hydrogen (secondary N) is 1. The molecule has 2 unspecified atom stereocenters. The van der Waals surface area contributed by atoms with Crippen LogP contribution in [0.1, 0.15) is 18.9 Å².